The summed E-state index contributed by atoms with van der Waals surface area (Å²) in [6, 6.07) is 12.4. The van der Waals surface area contributed by atoms with E-state index in [0.29, 0.717) is 16.7 Å². The number of Topliss-reactive ketones (excluding diaryl/α,β-unsaturated/α-hetero) is 1. The minimum absolute atomic E-state index is 0.0472. The number of nitrogens with zero attached hydrogens (tertiary/aromatic N) is 4. The number of hydrogen-bond donors (Lipinski definition) is 1. The third-order valence-electron chi connectivity index (χ3n) is 5.45. The largest absolute Gasteiger partial charge is 0.344 e. The Morgan fingerprint density at radius 2 is 2.00 bits per heavy atom. The molecule has 0 amide bonds. The molecular formula is C25H23N5O. The second-order valence-corrected chi connectivity index (χ2v) is 8.81. The van der Waals surface area contributed by atoms with Crippen LogP contribution >= 0.6 is 0 Å². The van der Waals surface area contributed by atoms with Gasteiger partial charge in [0.25, 0.3) is 0 Å². The summed E-state index contributed by atoms with van der Waals surface area (Å²) in [5, 5.41) is 1.16. The van der Waals surface area contributed by atoms with Crippen molar-refractivity contribution >= 4 is 27.9 Å². The number of carbonyl (C=O) groups is 1. The van der Waals surface area contributed by atoms with Gasteiger partial charge in [-0.3, -0.25) is 9.78 Å². The number of carbonyl (C=O) groups excluding carboxylic acids is 1. The zero-order valence-electron chi connectivity index (χ0n) is 17.8. The molecule has 5 rings (SSSR count). The van der Waals surface area contributed by atoms with E-state index in [-0.39, 0.29) is 5.78 Å². The van der Waals surface area contributed by atoms with E-state index in [1.54, 1.807) is 18.6 Å². The maximum atomic E-state index is 12.9. The van der Waals surface area contributed by atoms with E-state index >= 15 is 0 Å². The first kappa shape index (κ1) is 19.2. The summed E-state index contributed by atoms with van der Waals surface area (Å²) in [6.45, 7) is 6.48. The Morgan fingerprint density at radius 1 is 1.13 bits per heavy atom. The number of fused-ring (bicyclic) bond motifs is 2. The van der Waals surface area contributed by atoms with Crippen molar-refractivity contribution < 1.29 is 4.79 Å². The highest BCUT2D eigenvalue weighted by Gasteiger charge is 2.26. The molecule has 0 saturated heterocycles. The number of benzene rings is 1. The van der Waals surface area contributed by atoms with Crippen molar-refractivity contribution in [2.75, 3.05) is 0 Å². The van der Waals surface area contributed by atoms with Gasteiger partial charge in [-0.05, 0) is 29.1 Å². The smallest absolute Gasteiger partial charge is 0.171 e. The van der Waals surface area contributed by atoms with E-state index in [1.165, 1.54) is 0 Å². The van der Waals surface area contributed by atoms with Gasteiger partial charge in [-0.25, -0.2) is 9.97 Å². The van der Waals surface area contributed by atoms with Gasteiger partial charge in [-0.2, -0.15) is 0 Å². The van der Waals surface area contributed by atoms with Crippen LogP contribution in [-0.4, -0.2) is 30.3 Å². The average molecular weight is 409 g/mol. The molecule has 6 heteroatoms. The Kier molecular flexibility index (Phi) is 4.43. The maximum Gasteiger partial charge on any atom is 0.171 e. The van der Waals surface area contributed by atoms with Crippen LogP contribution in [0.3, 0.4) is 0 Å². The van der Waals surface area contributed by atoms with Gasteiger partial charge in [0.05, 0.1) is 17.5 Å². The summed E-state index contributed by atoms with van der Waals surface area (Å²) in [7, 11) is 0. The monoisotopic (exact) mass is 409 g/mol. The lowest BCUT2D eigenvalue weighted by atomic mass is 9.87. The molecule has 0 unspecified atom stereocenters. The first-order valence-corrected chi connectivity index (χ1v) is 10.3. The fourth-order valence-corrected chi connectivity index (χ4v) is 3.78. The molecule has 4 aromatic heterocycles. The predicted molar refractivity (Wildman–Crippen MR) is 122 cm³/mol. The van der Waals surface area contributed by atoms with Crippen molar-refractivity contribution in [1.29, 1.82) is 0 Å². The Morgan fingerprint density at radius 3 is 2.77 bits per heavy atom. The molecule has 0 saturated carbocycles. The SMILES string of the molecule is CC(C)(C)C(=O)c1c[nH]c2ncc(-c3ccc4ccn(Cc5cccnc5)c4c3)nc12. The van der Waals surface area contributed by atoms with Crippen molar-refractivity contribution in [1.82, 2.24) is 24.5 Å². The Balaban J connectivity index is 1.57. The summed E-state index contributed by atoms with van der Waals surface area (Å²) < 4.78 is 2.20. The minimum atomic E-state index is -0.487. The summed E-state index contributed by atoms with van der Waals surface area (Å²) in [4.78, 5) is 29.5. The van der Waals surface area contributed by atoms with E-state index in [1.807, 2.05) is 39.1 Å². The second kappa shape index (κ2) is 7.16. The van der Waals surface area contributed by atoms with Crippen molar-refractivity contribution in [2.24, 2.45) is 5.41 Å². The lowest BCUT2D eigenvalue weighted by Gasteiger charge is -2.15. The van der Waals surface area contributed by atoms with Crippen LogP contribution in [0, 0.1) is 5.41 Å². The van der Waals surface area contributed by atoms with Gasteiger partial charge in [0.15, 0.2) is 11.4 Å². The van der Waals surface area contributed by atoms with E-state index in [9.17, 15) is 4.79 Å². The van der Waals surface area contributed by atoms with E-state index in [0.717, 1.165) is 34.3 Å². The van der Waals surface area contributed by atoms with Crippen LogP contribution in [0.5, 0.6) is 0 Å². The van der Waals surface area contributed by atoms with Crippen molar-refractivity contribution in [2.45, 2.75) is 27.3 Å². The maximum absolute atomic E-state index is 12.9. The van der Waals surface area contributed by atoms with Gasteiger partial charge in [-0.1, -0.05) is 39.0 Å². The highest BCUT2D eigenvalue weighted by Crippen LogP contribution is 2.28. The fraction of sp³-hybridized carbons (Fsp3) is 0.200. The Labute approximate surface area is 180 Å². The molecule has 5 aromatic rings. The summed E-state index contributed by atoms with van der Waals surface area (Å²) in [5.41, 5.74) is 5.29. The van der Waals surface area contributed by atoms with Gasteiger partial charge >= 0.3 is 0 Å². The number of rotatable bonds is 4. The Hall–Kier alpha value is -3.80. The van der Waals surface area contributed by atoms with Crippen molar-refractivity contribution in [3.8, 4) is 11.3 Å². The molecule has 0 radical (unpaired) electrons. The molecule has 1 N–H and O–H groups in total. The van der Waals surface area contributed by atoms with E-state index in [2.05, 4.69) is 50.0 Å². The zero-order chi connectivity index (χ0) is 21.6. The van der Waals surface area contributed by atoms with Crippen LogP contribution in [-0.2, 0) is 6.54 Å². The molecule has 1 aromatic carbocycles. The number of aromatic amines is 1. The topological polar surface area (TPSA) is 76.5 Å². The standard InChI is InChI=1S/C25H23N5O/c1-25(2,3)23(31)19-13-27-24-22(19)29-20(14-28-24)18-7-6-17-8-10-30(21(17)11-18)15-16-5-4-9-26-12-16/h4-14H,15H2,1-3H3,(H,27,28). The third-order valence-corrected chi connectivity index (χ3v) is 5.45. The van der Waals surface area contributed by atoms with Crippen LogP contribution in [0.1, 0.15) is 36.7 Å². The molecule has 0 atom stereocenters. The quantitative estimate of drug-likeness (QED) is 0.411. The second-order valence-electron chi connectivity index (χ2n) is 8.81. The summed E-state index contributed by atoms with van der Waals surface area (Å²) in [5.74, 6) is 0.0472. The minimum Gasteiger partial charge on any atom is -0.344 e. The van der Waals surface area contributed by atoms with Crippen LogP contribution in [0.25, 0.3) is 33.3 Å². The molecule has 0 aliphatic rings. The number of pyridine rings is 1. The molecule has 6 nitrogen and oxygen atoms in total. The zero-order valence-corrected chi connectivity index (χ0v) is 17.8. The van der Waals surface area contributed by atoms with Crippen molar-refractivity contribution in [3.05, 3.63) is 78.5 Å². The molecule has 4 heterocycles. The molecule has 0 bridgehead atoms. The molecule has 0 aliphatic heterocycles. The van der Waals surface area contributed by atoms with Crippen LogP contribution in [0.15, 0.2) is 67.4 Å². The normalized spacial score (nSPS) is 12.0. The number of nitrogens with one attached hydrogen (secondary N) is 1. The molecular weight excluding hydrogens is 386 g/mol. The van der Waals surface area contributed by atoms with E-state index in [4.69, 9.17) is 4.98 Å². The average Bonchev–Trinajstić information content (AvgIpc) is 3.36. The summed E-state index contributed by atoms with van der Waals surface area (Å²) in [6.07, 6.45) is 9.21. The number of aromatic nitrogens is 5. The number of hydrogen-bond acceptors (Lipinski definition) is 4. The van der Waals surface area contributed by atoms with Crippen LogP contribution < -0.4 is 0 Å². The van der Waals surface area contributed by atoms with Gasteiger partial charge in [0.1, 0.15) is 5.52 Å². The molecule has 0 spiro atoms. The first-order chi connectivity index (χ1) is 14.9. The summed E-state index contributed by atoms with van der Waals surface area (Å²) >= 11 is 0. The molecule has 31 heavy (non-hydrogen) atoms. The number of H-pyrrole nitrogens is 1. The lowest BCUT2D eigenvalue weighted by molar-refractivity contribution is 0.0860. The van der Waals surface area contributed by atoms with E-state index < -0.39 is 5.41 Å². The lowest BCUT2D eigenvalue weighted by Crippen LogP contribution is -2.20. The van der Waals surface area contributed by atoms with Crippen molar-refractivity contribution in [3.63, 3.8) is 0 Å². The molecule has 0 fully saturated rings. The van der Waals surface area contributed by atoms with Gasteiger partial charge < -0.3 is 9.55 Å². The van der Waals surface area contributed by atoms with Crippen LogP contribution in [0.4, 0.5) is 0 Å². The van der Waals surface area contributed by atoms with Crippen LogP contribution in [0.2, 0.25) is 0 Å². The van der Waals surface area contributed by atoms with Gasteiger partial charge in [-0.15, -0.1) is 0 Å². The highest BCUT2D eigenvalue weighted by molar-refractivity contribution is 6.08. The Bertz CT molecular complexity index is 1410. The van der Waals surface area contributed by atoms with Gasteiger partial charge in [0, 0.05) is 47.8 Å². The molecule has 0 aliphatic carbocycles. The predicted octanol–water partition coefficient (Wildman–Crippen LogP) is 5.25. The number of ketones is 1. The fourth-order valence-electron chi connectivity index (χ4n) is 3.78. The third kappa shape index (κ3) is 3.50. The molecule has 154 valence electrons. The van der Waals surface area contributed by atoms with Gasteiger partial charge in [0.2, 0.25) is 0 Å². The highest BCUT2D eigenvalue weighted by atomic mass is 16.1. The first-order valence-electron chi connectivity index (χ1n) is 10.3.